The molecule has 6 unspecified atom stereocenters. The molecule has 11 heteroatoms. The number of carboxylic acids is 1. The van der Waals surface area contributed by atoms with E-state index in [1.807, 2.05) is 37.3 Å². The Balaban J connectivity index is 2.92. The number of aliphatic carboxylic acids is 1. The second kappa shape index (κ2) is 13.8. The summed E-state index contributed by atoms with van der Waals surface area (Å²) in [5, 5.41) is 26.4. The number of thiol groups is 1. The third kappa shape index (κ3) is 9.03. The molecule has 0 aliphatic rings. The van der Waals surface area contributed by atoms with E-state index in [1.54, 1.807) is 6.92 Å². The Bertz CT molecular complexity index is 807. The standard InChI is InChI=1S/C22H34N4O6S/c1-4-12(2)17(25-19(28)15(23)10-14-8-6-5-7-9-14)20(29)26-18(13(3)27)21(30)24-16(11-33)22(31)32/h5-9,12-13,15-18,27,33H,4,10-11,23H2,1-3H3,(H,24,30)(H,25,28)(H,26,29)(H,31,32). The van der Waals surface area contributed by atoms with Gasteiger partial charge in [-0.2, -0.15) is 12.6 Å². The quantitative estimate of drug-likeness (QED) is 0.185. The second-order valence-corrected chi connectivity index (χ2v) is 8.34. The SMILES string of the molecule is CCC(C)C(NC(=O)C(N)Cc1ccccc1)C(=O)NC(C(=O)NC(CS)C(=O)O)C(C)O. The highest BCUT2D eigenvalue weighted by atomic mass is 32.1. The molecule has 0 fully saturated rings. The highest BCUT2D eigenvalue weighted by Gasteiger charge is 2.34. The number of hydrogen-bond donors (Lipinski definition) is 7. The van der Waals surface area contributed by atoms with Crippen LogP contribution in [0.1, 0.15) is 32.8 Å². The number of hydrogen-bond acceptors (Lipinski definition) is 7. The van der Waals surface area contributed by atoms with Crippen LogP contribution in [0.2, 0.25) is 0 Å². The number of nitrogens with two attached hydrogens (primary N) is 1. The van der Waals surface area contributed by atoms with Gasteiger partial charge in [0.05, 0.1) is 12.1 Å². The van der Waals surface area contributed by atoms with E-state index >= 15 is 0 Å². The Hall–Kier alpha value is -2.63. The van der Waals surface area contributed by atoms with Gasteiger partial charge in [0, 0.05) is 5.75 Å². The Morgan fingerprint density at radius 1 is 0.970 bits per heavy atom. The lowest BCUT2D eigenvalue weighted by molar-refractivity contribution is -0.142. The van der Waals surface area contributed by atoms with Crippen molar-refractivity contribution in [2.75, 3.05) is 5.75 Å². The Labute approximate surface area is 199 Å². The predicted octanol–water partition coefficient (Wildman–Crippen LogP) is -0.548. The molecule has 0 heterocycles. The average molecular weight is 483 g/mol. The van der Waals surface area contributed by atoms with Gasteiger partial charge in [0.2, 0.25) is 17.7 Å². The van der Waals surface area contributed by atoms with Gasteiger partial charge >= 0.3 is 5.97 Å². The zero-order valence-electron chi connectivity index (χ0n) is 19.0. The van der Waals surface area contributed by atoms with Crippen LogP contribution in [0.25, 0.3) is 0 Å². The maximum absolute atomic E-state index is 13.0. The van der Waals surface area contributed by atoms with Crippen molar-refractivity contribution in [2.45, 2.75) is 63.9 Å². The van der Waals surface area contributed by atoms with Crippen LogP contribution >= 0.6 is 12.6 Å². The summed E-state index contributed by atoms with van der Waals surface area (Å²) < 4.78 is 0. The second-order valence-electron chi connectivity index (χ2n) is 7.98. The fourth-order valence-electron chi connectivity index (χ4n) is 3.02. The summed E-state index contributed by atoms with van der Waals surface area (Å²) >= 11 is 3.88. The van der Waals surface area contributed by atoms with Crippen molar-refractivity contribution in [3.05, 3.63) is 35.9 Å². The van der Waals surface area contributed by atoms with E-state index in [2.05, 4.69) is 28.6 Å². The molecule has 0 spiro atoms. The minimum absolute atomic E-state index is 0.174. The molecule has 0 radical (unpaired) electrons. The molecule has 7 N–H and O–H groups in total. The summed E-state index contributed by atoms with van der Waals surface area (Å²) in [6.07, 6.45) is -0.504. The highest BCUT2D eigenvalue weighted by molar-refractivity contribution is 7.80. The first kappa shape index (κ1) is 28.4. The third-order valence-electron chi connectivity index (χ3n) is 5.29. The number of benzene rings is 1. The van der Waals surface area contributed by atoms with Crippen molar-refractivity contribution in [3.63, 3.8) is 0 Å². The lowest BCUT2D eigenvalue weighted by Gasteiger charge is -2.28. The predicted molar refractivity (Wildman–Crippen MR) is 127 cm³/mol. The average Bonchev–Trinajstić information content (AvgIpc) is 2.78. The molecule has 33 heavy (non-hydrogen) atoms. The van der Waals surface area contributed by atoms with Gasteiger partial charge in [-0.05, 0) is 24.8 Å². The van der Waals surface area contributed by atoms with E-state index < -0.39 is 54.0 Å². The monoisotopic (exact) mass is 482 g/mol. The van der Waals surface area contributed by atoms with Crippen molar-refractivity contribution >= 4 is 36.3 Å². The number of carbonyl (C=O) groups is 4. The zero-order valence-corrected chi connectivity index (χ0v) is 19.9. The minimum Gasteiger partial charge on any atom is -0.480 e. The molecule has 0 saturated carbocycles. The summed E-state index contributed by atoms with van der Waals surface area (Å²) in [4.78, 5) is 49.3. The number of nitrogens with one attached hydrogen (secondary N) is 3. The Kier molecular flexibility index (Phi) is 11.9. The summed E-state index contributed by atoms with van der Waals surface area (Å²) in [5.74, 6) is -3.88. The van der Waals surface area contributed by atoms with Crippen LogP contribution in [0.5, 0.6) is 0 Å². The molecule has 1 rings (SSSR count). The molecular formula is C22H34N4O6S. The fourth-order valence-corrected chi connectivity index (χ4v) is 3.27. The molecule has 1 aromatic carbocycles. The Morgan fingerprint density at radius 2 is 1.52 bits per heavy atom. The highest BCUT2D eigenvalue weighted by Crippen LogP contribution is 2.10. The molecule has 6 atom stereocenters. The van der Waals surface area contributed by atoms with Crippen LogP contribution in [0, 0.1) is 5.92 Å². The number of carboxylic acid groups (broad SMARTS) is 1. The summed E-state index contributed by atoms with van der Waals surface area (Å²) in [7, 11) is 0. The van der Waals surface area contributed by atoms with Crippen molar-refractivity contribution in [1.29, 1.82) is 0 Å². The van der Waals surface area contributed by atoms with Crippen LogP contribution in [0.15, 0.2) is 30.3 Å². The van der Waals surface area contributed by atoms with Crippen LogP contribution in [-0.2, 0) is 25.6 Å². The van der Waals surface area contributed by atoms with E-state index in [4.69, 9.17) is 10.8 Å². The normalized spacial score (nSPS) is 16.4. The van der Waals surface area contributed by atoms with Crippen molar-refractivity contribution < 1.29 is 29.4 Å². The maximum Gasteiger partial charge on any atom is 0.327 e. The number of rotatable bonds is 13. The smallest absolute Gasteiger partial charge is 0.327 e. The largest absolute Gasteiger partial charge is 0.480 e. The maximum atomic E-state index is 13.0. The molecule has 0 saturated heterocycles. The third-order valence-corrected chi connectivity index (χ3v) is 5.65. The zero-order chi connectivity index (χ0) is 25.1. The van der Waals surface area contributed by atoms with Gasteiger partial charge in [0.1, 0.15) is 18.1 Å². The Morgan fingerprint density at radius 3 is 2.00 bits per heavy atom. The molecule has 0 aliphatic carbocycles. The van der Waals surface area contributed by atoms with Gasteiger partial charge in [-0.1, -0.05) is 50.6 Å². The molecule has 184 valence electrons. The molecule has 0 aromatic heterocycles. The van der Waals surface area contributed by atoms with Crippen molar-refractivity contribution in [1.82, 2.24) is 16.0 Å². The van der Waals surface area contributed by atoms with Gasteiger partial charge in [0.25, 0.3) is 0 Å². The lowest BCUT2D eigenvalue weighted by Crippen LogP contribution is -2.61. The van der Waals surface area contributed by atoms with Gasteiger partial charge in [0.15, 0.2) is 0 Å². The summed E-state index contributed by atoms with van der Waals surface area (Å²) in [5.41, 5.74) is 6.89. The van der Waals surface area contributed by atoms with E-state index in [1.165, 1.54) is 6.92 Å². The fraction of sp³-hybridized carbons (Fsp3) is 0.545. The van der Waals surface area contributed by atoms with Gasteiger partial charge in [-0.15, -0.1) is 0 Å². The van der Waals surface area contributed by atoms with Crippen LogP contribution in [0.4, 0.5) is 0 Å². The van der Waals surface area contributed by atoms with E-state index in [9.17, 15) is 24.3 Å². The summed E-state index contributed by atoms with van der Waals surface area (Å²) in [6.45, 7) is 4.88. The molecule has 0 aliphatic heterocycles. The van der Waals surface area contributed by atoms with Gasteiger partial charge in [-0.3, -0.25) is 14.4 Å². The molecule has 10 nitrogen and oxygen atoms in total. The summed E-state index contributed by atoms with van der Waals surface area (Å²) in [6, 6.07) is 4.56. The lowest BCUT2D eigenvalue weighted by atomic mass is 9.96. The number of aliphatic hydroxyl groups is 1. The van der Waals surface area contributed by atoms with Crippen molar-refractivity contribution in [3.8, 4) is 0 Å². The topological polar surface area (TPSA) is 171 Å². The van der Waals surface area contributed by atoms with Gasteiger partial charge in [-0.25, -0.2) is 4.79 Å². The van der Waals surface area contributed by atoms with E-state index in [-0.39, 0.29) is 18.1 Å². The van der Waals surface area contributed by atoms with Crippen LogP contribution in [-0.4, -0.2) is 69.9 Å². The van der Waals surface area contributed by atoms with Crippen molar-refractivity contribution in [2.24, 2.45) is 11.7 Å². The first-order valence-corrected chi connectivity index (χ1v) is 11.4. The number of amides is 3. The first-order chi connectivity index (χ1) is 15.5. The number of carbonyl (C=O) groups excluding carboxylic acids is 3. The molecule has 0 bridgehead atoms. The van der Waals surface area contributed by atoms with Gasteiger partial charge < -0.3 is 31.9 Å². The number of aliphatic hydroxyl groups excluding tert-OH is 1. The van der Waals surface area contributed by atoms with Crippen LogP contribution < -0.4 is 21.7 Å². The molecule has 3 amide bonds. The molecular weight excluding hydrogens is 448 g/mol. The molecule has 1 aromatic rings. The van der Waals surface area contributed by atoms with Crippen LogP contribution in [0.3, 0.4) is 0 Å². The van der Waals surface area contributed by atoms with E-state index in [0.29, 0.717) is 6.42 Å². The first-order valence-electron chi connectivity index (χ1n) is 10.7. The minimum atomic E-state index is -1.43. The van der Waals surface area contributed by atoms with E-state index in [0.717, 1.165) is 5.56 Å².